The zero-order chi connectivity index (χ0) is 38.5. The normalized spacial score (nSPS) is 13.2. The van der Waals surface area contributed by atoms with E-state index >= 15 is 0 Å². The van der Waals surface area contributed by atoms with Crippen LogP contribution in [0.25, 0.3) is 0 Å². The predicted octanol–water partition coefficient (Wildman–Crippen LogP) is 9.16. The molecule has 0 saturated heterocycles. The van der Waals surface area contributed by atoms with E-state index in [1.165, 1.54) is 89.9 Å². The highest BCUT2D eigenvalue weighted by atomic mass is 16.7. The number of aliphatic carboxylic acids is 1. The molecule has 0 aromatic carbocycles. The molecule has 9 heteroatoms. The van der Waals surface area contributed by atoms with Crippen LogP contribution in [0.4, 0.5) is 0 Å². The second kappa shape index (κ2) is 35.8. The molecule has 0 aliphatic rings. The maximum absolute atomic E-state index is 12.7. The molecule has 0 radical (unpaired) electrons. The van der Waals surface area contributed by atoms with E-state index in [2.05, 4.69) is 38.2 Å². The summed E-state index contributed by atoms with van der Waals surface area (Å²) in [5, 5.41) is 11.6. The molecule has 0 saturated carbocycles. The molecule has 52 heavy (non-hydrogen) atoms. The minimum atomic E-state index is -1.62. The topological polar surface area (TPSA) is 111 Å². The summed E-state index contributed by atoms with van der Waals surface area (Å²) in [6.07, 6.45) is 33.6. The average Bonchev–Trinajstić information content (AvgIpc) is 3.09. The van der Waals surface area contributed by atoms with Gasteiger partial charge in [-0.05, 0) is 44.9 Å². The van der Waals surface area contributed by atoms with Crippen molar-refractivity contribution in [1.82, 2.24) is 0 Å². The molecule has 304 valence electrons. The number of hydrogen-bond donors (Lipinski definition) is 0. The Morgan fingerprint density at radius 2 is 1.04 bits per heavy atom. The van der Waals surface area contributed by atoms with Crippen LogP contribution in [0.5, 0.6) is 0 Å². The van der Waals surface area contributed by atoms with Gasteiger partial charge in [-0.15, -0.1) is 0 Å². The predicted molar refractivity (Wildman–Crippen MR) is 209 cm³/mol. The summed E-state index contributed by atoms with van der Waals surface area (Å²) < 4.78 is 22.4. The molecule has 0 aromatic heterocycles. The molecular weight excluding hydrogens is 658 g/mol. The number of hydrogen-bond acceptors (Lipinski definition) is 8. The van der Waals surface area contributed by atoms with Crippen LogP contribution in [-0.2, 0) is 33.3 Å². The highest BCUT2D eigenvalue weighted by molar-refractivity contribution is 5.70. The van der Waals surface area contributed by atoms with Crippen LogP contribution in [0.3, 0.4) is 0 Å². The lowest BCUT2D eigenvalue weighted by Crippen LogP contribution is -2.44. The zero-order valence-corrected chi connectivity index (χ0v) is 34.2. The number of carbonyl (C=O) groups is 3. The third-order valence-electron chi connectivity index (χ3n) is 8.95. The standard InChI is InChI=1S/C43H79NO8/c1-6-8-10-12-14-16-17-18-19-20-21-22-23-24-25-26-28-30-32-34-41(46)52-39(38-51-43(42(47)48)49-36-35-44(3,4)5)37-50-40(45)33-31-29-27-15-13-11-9-7-2/h14,16,18-19,39,43H,6-13,15,17,20-38H2,1-5H3/b16-14-,19-18-. The Morgan fingerprint density at radius 3 is 1.56 bits per heavy atom. The van der Waals surface area contributed by atoms with Gasteiger partial charge in [0.2, 0.25) is 0 Å². The van der Waals surface area contributed by atoms with Crippen molar-refractivity contribution >= 4 is 17.9 Å². The van der Waals surface area contributed by atoms with Crippen molar-refractivity contribution in [2.45, 2.75) is 187 Å². The molecular formula is C43H79NO8. The highest BCUT2D eigenvalue weighted by Gasteiger charge is 2.21. The van der Waals surface area contributed by atoms with Crippen LogP contribution >= 0.6 is 0 Å². The van der Waals surface area contributed by atoms with Crippen LogP contribution < -0.4 is 5.11 Å². The van der Waals surface area contributed by atoms with E-state index in [-0.39, 0.29) is 32.2 Å². The van der Waals surface area contributed by atoms with Gasteiger partial charge >= 0.3 is 11.9 Å². The highest BCUT2D eigenvalue weighted by Crippen LogP contribution is 2.14. The maximum Gasteiger partial charge on any atom is 0.306 e. The molecule has 0 spiro atoms. The SMILES string of the molecule is CCCCC/C=C\C/C=C\CCCCCCCCCCCC(=O)OC(COC(=O)CCCCCCCCCC)COC(OCC[N+](C)(C)C)C(=O)[O-]. The largest absolute Gasteiger partial charge is 0.545 e. The lowest BCUT2D eigenvalue weighted by Gasteiger charge is -2.26. The van der Waals surface area contributed by atoms with Gasteiger partial charge in [0.25, 0.3) is 0 Å². The van der Waals surface area contributed by atoms with Gasteiger partial charge in [-0.2, -0.15) is 0 Å². The molecule has 0 N–H and O–H groups in total. The second-order valence-corrected chi connectivity index (χ2v) is 15.3. The summed E-state index contributed by atoms with van der Waals surface area (Å²) >= 11 is 0. The van der Waals surface area contributed by atoms with Crippen molar-refractivity contribution < 1.29 is 42.9 Å². The molecule has 2 unspecified atom stereocenters. The number of likely N-dealkylation sites (N-methyl/N-ethyl adjacent to an activating group) is 1. The number of carbonyl (C=O) groups excluding carboxylic acids is 3. The van der Waals surface area contributed by atoms with E-state index in [0.29, 0.717) is 23.9 Å². The van der Waals surface area contributed by atoms with Crippen LogP contribution in [0.15, 0.2) is 24.3 Å². The lowest BCUT2D eigenvalue weighted by atomic mass is 10.1. The third-order valence-corrected chi connectivity index (χ3v) is 8.95. The van der Waals surface area contributed by atoms with Crippen molar-refractivity contribution in [2.75, 3.05) is 47.5 Å². The average molecular weight is 738 g/mol. The fraction of sp³-hybridized carbons (Fsp3) is 0.837. The lowest BCUT2D eigenvalue weighted by molar-refractivity contribution is -0.870. The smallest absolute Gasteiger partial charge is 0.306 e. The third kappa shape index (κ3) is 36.1. The van der Waals surface area contributed by atoms with Crippen molar-refractivity contribution in [3.05, 3.63) is 24.3 Å². The molecule has 2 atom stereocenters. The fourth-order valence-corrected chi connectivity index (χ4v) is 5.62. The molecule has 9 nitrogen and oxygen atoms in total. The number of quaternary nitrogens is 1. The Kier molecular flexibility index (Phi) is 34.2. The number of esters is 2. The Bertz CT molecular complexity index is 913. The van der Waals surface area contributed by atoms with Crippen LogP contribution in [0.1, 0.15) is 174 Å². The van der Waals surface area contributed by atoms with E-state index in [9.17, 15) is 19.5 Å². The van der Waals surface area contributed by atoms with Gasteiger partial charge in [-0.3, -0.25) is 9.59 Å². The van der Waals surface area contributed by atoms with E-state index < -0.39 is 24.3 Å². The molecule has 0 amide bonds. The molecule has 0 aromatic rings. The van der Waals surface area contributed by atoms with Gasteiger partial charge < -0.3 is 33.3 Å². The Balaban J connectivity index is 4.38. The van der Waals surface area contributed by atoms with Crippen LogP contribution in [0, 0.1) is 0 Å². The van der Waals surface area contributed by atoms with E-state index in [4.69, 9.17) is 18.9 Å². The van der Waals surface area contributed by atoms with E-state index in [0.717, 1.165) is 51.4 Å². The summed E-state index contributed by atoms with van der Waals surface area (Å²) in [6, 6.07) is 0. The summed E-state index contributed by atoms with van der Waals surface area (Å²) in [5.74, 6) is -2.29. The molecule has 0 rings (SSSR count). The number of nitrogens with zero attached hydrogens (tertiary/aromatic N) is 1. The number of unbranched alkanes of at least 4 members (excludes halogenated alkanes) is 19. The number of rotatable bonds is 38. The van der Waals surface area contributed by atoms with Crippen molar-refractivity contribution in [3.63, 3.8) is 0 Å². The molecule has 0 bridgehead atoms. The van der Waals surface area contributed by atoms with Gasteiger partial charge in [0.1, 0.15) is 13.2 Å². The van der Waals surface area contributed by atoms with Crippen LogP contribution in [-0.4, -0.2) is 82.3 Å². The Morgan fingerprint density at radius 1 is 0.577 bits per heavy atom. The molecule has 0 aliphatic carbocycles. The first kappa shape index (κ1) is 49.8. The first-order valence-corrected chi connectivity index (χ1v) is 21.0. The minimum Gasteiger partial charge on any atom is -0.545 e. The summed E-state index contributed by atoms with van der Waals surface area (Å²) in [7, 11) is 5.90. The zero-order valence-electron chi connectivity index (χ0n) is 34.2. The van der Waals surface area contributed by atoms with Crippen molar-refractivity contribution in [3.8, 4) is 0 Å². The fourth-order valence-electron chi connectivity index (χ4n) is 5.62. The van der Waals surface area contributed by atoms with Gasteiger partial charge in [0.05, 0.1) is 40.3 Å². The first-order chi connectivity index (χ1) is 25.1. The first-order valence-electron chi connectivity index (χ1n) is 21.0. The van der Waals surface area contributed by atoms with E-state index in [1.807, 2.05) is 21.1 Å². The minimum absolute atomic E-state index is 0.148. The van der Waals surface area contributed by atoms with Crippen LogP contribution in [0.2, 0.25) is 0 Å². The number of carboxylic acids is 1. The Hall–Kier alpha value is -2.23. The van der Waals surface area contributed by atoms with Crippen molar-refractivity contribution in [2.24, 2.45) is 0 Å². The van der Waals surface area contributed by atoms with Gasteiger partial charge in [-0.25, -0.2) is 0 Å². The summed E-state index contributed by atoms with van der Waals surface area (Å²) in [4.78, 5) is 36.7. The van der Waals surface area contributed by atoms with Gasteiger partial charge in [0, 0.05) is 12.8 Å². The van der Waals surface area contributed by atoms with Gasteiger partial charge in [-0.1, -0.05) is 141 Å². The maximum atomic E-state index is 12.7. The summed E-state index contributed by atoms with van der Waals surface area (Å²) in [5.41, 5.74) is 0. The summed E-state index contributed by atoms with van der Waals surface area (Å²) in [6.45, 7) is 4.67. The van der Waals surface area contributed by atoms with E-state index in [1.54, 1.807) is 0 Å². The van der Waals surface area contributed by atoms with Gasteiger partial charge in [0.15, 0.2) is 12.4 Å². The number of ether oxygens (including phenoxy) is 4. The second-order valence-electron chi connectivity index (χ2n) is 15.3. The number of allylic oxidation sites excluding steroid dienone is 4. The quantitative estimate of drug-likeness (QED) is 0.0203. The molecule has 0 fully saturated rings. The monoisotopic (exact) mass is 738 g/mol. The van der Waals surface area contributed by atoms with Crippen molar-refractivity contribution in [1.29, 1.82) is 0 Å². The molecule has 0 heterocycles. The molecule has 0 aliphatic heterocycles. The Labute approximate surface area is 318 Å². The number of carboxylic acid groups (broad SMARTS) is 1.